The molecule has 3 heterocycles. The molecule has 0 bridgehead atoms. The fraction of sp³-hybridized carbons (Fsp3) is 0.200. The zero-order chi connectivity index (χ0) is 17.9. The highest BCUT2D eigenvalue weighted by Gasteiger charge is 2.15. The number of pyridine rings is 1. The number of hydrogen-bond donors (Lipinski definition) is 1. The molecule has 0 spiro atoms. The Labute approximate surface area is 155 Å². The van der Waals surface area contributed by atoms with Gasteiger partial charge in [-0.1, -0.05) is 13.0 Å². The lowest BCUT2D eigenvalue weighted by Crippen LogP contribution is -2.00. The van der Waals surface area contributed by atoms with Gasteiger partial charge in [0.05, 0.1) is 22.8 Å². The van der Waals surface area contributed by atoms with E-state index in [-0.39, 0.29) is 5.78 Å². The quantitative estimate of drug-likeness (QED) is 0.541. The molecule has 130 valence electrons. The molecule has 0 atom stereocenters. The molecule has 0 aliphatic carbocycles. The van der Waals surface area contributed by atoms with Gasteiger partial charge in [0.1, 0.15) is 10.8 Å². The lowest BCUT2D eigenvalue weighted by Gasteiger charge is -2.05. The molecule has 0 saturated heterocycles. The molecule has 0 saturated carbocycles. The Morgan fingerprint density at radius 1 is 1.19 bits per heavy atom. The normalized spacial score (nSPS) is 11.1. The van der Waals surface area contributed by atoms with Gasteiger partial charge in [0.15, 0.2) is 0 Å². The Hall–Kier alpha value is -2.86. The fourth-order valence-corrected chi connectivity index (χ4v) is 4.11. The fourth-order valence-electron chi connectivity index (χ4n) is 3.00. The monoisotopic (exact) mass is 362 g/mol. The zero-order valence-electron chi connectivity index (χ0n) is 14.4. The number of nitrogens with zero attached hydrogens (tertiary/aromatic N) is 3. The number of aromatic amines is 1. The first-order valence-corrected chi connectivity index (χ1v) is 9.41. The summed E-state index contributed by atoms with van der Waals surface area (Å²) in [5.41, 5.74) is 5.08. The van der Waals surface area contributed by atoms with Crippen LogP contribution in [-0.4, -0.2) is 25.9 Å². The number of H-pyrrole nitrogens is 1. The molecule has 0 radical (unpaired) electrons. The van der Waals surface area contributed by atoms with Gasteiger partial charge in [-0.2, -0.15) is 5.10 Å². The van der Waals surface area contributed by atoms with Crippen molar-refractivity contribution in [1.29, 1.82) is 0 Å². The van der Waals surface area contributed by atoms with Crippen LogP contribution in [0.4, 0.5) is 0 Å². The Morgan fingerprint density at radius 2 is 2.12 bits per heavy atom. The highest BCUT2D eigenvalue weighted by molar-refractivity contribution is 7.19. The van der Waals surface area contributed by atoms with Gasteiger partial charge in [0.2, 0.25) is 0 Å². The first-order valence-electron chi connectivity index (χ1n) is 8.59. The van der Waals surface area contributed by atoms with Gasteiger partial charge in [-0.25, -0.2) is 4.98 Å². The largest absolute Gasteiger partial charge is 0.299 e. The minimum atomic E-state index is 0.240. The number of ketones is 1. The number of benzene rings is 1. The van der Waals surface area contributed by atoms with Gasteiger partial charge in [-0.15, -0.1) is 11.3 Å². The van der Waals surface area contributed by atoms with E-state index in [1.54, 1.807) is 17.5 Å². The molecule has 0 unspecified atom stereocenters. The minimum Gasteiger partial charge on any atom is -0.299 e. The van der Waals surface area contributed by atoms with E-state index in [1.165, 1.54) is 0 Å². The van der Waals surface area contributed by atoms with Crippen molar-refractivity contribution in [2.75, 3.05) is 0 Å². The third-order valence-electron chi connectivity index (χ3n) is 4.22. The molecule has 1 N–H and O–H groups in total. The van der Waals surface area contributed by atoms with E-state index in [0.717, 1.165) is 43.9 Å². The maximum absolute atomic E-state index is 12.0. The molecule has 0 aliphatic heterocycles. The summed E-state index contributed by atoms with van der Waals surface area (Å²) >= 11 is 1.59. The second kappa shape index (κ2) is 7.17. The second-order valence-corrected chi connectivity index (χ2v) is 7.26. The van der Waals surface area contributed by atoms with Gasteiger partial charge in [-0.05, 0) is 30.2 Å². The van der Waals surface area contributed by atoms with Crippen LogP contribution in [0.2, 0.25) is 0 Å². The zero-order valence-corrected chi connectivity index (χ0v) is 15.2. The van der Waals surface area contributed by atoms with Crippen LogP contribution >= 0.6 is 11.3 Å². The Morgan fingerprint density at radius 3 is 2.85 bits per heavy atom. The summed E-state index contributed by atoms with van der Waals surface area (Å²) < 4.78 is 1.08. The first-order chi connectivity index (χ1) is 12.7. The second-order valence-electron chi connectivity index (χ2n) is 6.17. The van der Waals surface area contributed by atoms with Gasteiger partial charge in [0, 0.05) is 41.7 Å². The van der Waals surface area contributed by atoms with Crippen molar-refractivity contribution in [1.82, 2.24) is 20.2 Å². The van der Waals surface area contributed by atoms with Gasteiger partial charge in [-0.3, -0.25) is 14.9 Å². The predicted molar refractivity (Wildman–Crippen MR) is 104 cm³/mol. The minimum absolute atomic E-state index is 0.240. The van der Waals surface area contributed by atoms with E-state index in [0.29, 0.717) is 12.8 Å². The van der Waals surface area contributed by atoms with Crippen molar-refractivity contribution >= 4 is 27.3 Å². The number of Topliss-reactive ketones (excluding diaryl/α,β-unsaturated/α-hetero) is 1. The SMILES string of the molecule is CCCC(=O)Cc1nc2cc(-c3cccnc3)cc(-c3cn[nH]c3)c2s1. The molecule has 4 rings (SSSR count). The van der Waals surface area contributed by atoms with Gasteiger partial charge < -0.3 is 0 Å². The smallest absolute Gasteiger partial charge is 0.139 e. The summed E-state index contributed by atoms with van der Waals surface area (Å²) in [4.78, 5) is 21.0. The summed E-state index contributed by atoms with van der Waals surface area (Å²) in [6, 6.07) is 8.17. The van der Waals surface area contributed by atoms with E-state index in [2.05, 4.69) is 27.3 Å². The highest BCUT2D eigenvalue weighted by Crippen LogP contribution is 2.37. The lowest BCUT2D eigenvalue weighted by atomic mass is 10.0. The van der Waals surface area contributed by atoms with E-state index < -0.39 is 0 Å². The number of thiazole rings is 1. The van der Waals surface area contributed by atoms with Crippen LogP contribution in [0.25, 0.3) is 32.5 Å². The molecular weight excluding hydrogens is 344 g/mol. The molecule has 0 aliphatic rings. The summed E-state index contributed by atoms with van der Waals surface area (Å²) in [7, 11) is 0. The molecular formula is C20H18N4OS. The van der Waals surface area contributed by atoms with E-state index >= 15 is 0 Å². The Balaban J connectivity index is 1.85. The number of fused-ring (bicyclic) bond motifs is 1. The molecule has 6 heteroatoms. The number of rotatable bonds is 6. The summed E-state index contributed by atoms with van der Waals surface area (Å²) in [5, 5.41) is 7.82. The molecule has 0 fully saturated rings. The lowest BCUT2D eigenvalue weighted by molar-refractivity contribution is -0.118. The topological polar surface area (TPSA) is 71.5 Å². The molecule has 3 aromatic heterocycles. The number of aromatic nitrogens is 4. The van der Waals surface area contributed by atoms with Crippen LogP contribution in [-0.2, 0) is 11.2 Å². The summed E-state index contributed by atoms with van der Waals surface area (Å²) in [6.45, 7) is 2.02. The van der Waals surface area contributed by atoms with Crippen molar-refractivity contribution in [2.45, 2.75) is 26.2 Å². The van der Waals surface area contributed by atoms with E-state index in [1.807, 2.05) is 37.6 Å². The van der Waals surface area contributed by atoms with Crippen molar-refractivity contribution in [3.05, 3.63) is 54.1 Å². The molecule has 0 amide bonds. The van der Waals surface area contributed by atoms with Crippen molar-refractivity contribution < 1.29 is 4.79 Å². The number of nitrogens with one attached hydrogen (secondary N) is 1. The van der Waals surface area contributed by atoms with Gasteiger partial charge in [0.25, 0.3) is 0 Å². The average molecular weight is 362 g/mol. The van der Waals surface area contributed by atoms with Crippen molar-refractivity contribution in [2.24, 2.45) is 0 Å². The van der Waals surface area contributed by atoms with Crippen LogP contribution in [0, 0.1) is 0 Å². The highest BCUT2D eigenvalue weighted by atomic mass is 32.1. The summed E-state index contributed by atoms with van der Waals surface area (Å²) in [5.74, 6) is 0.240. The Kier molecular flexibility index (Phi) is 4.58. The van der Waals surface area contributed by atoms with Crippen molar-refractivity contribution in [3.63, 3.8) is 0 Å². The number of carbonyl (C=O) groups excluding carboxylic acids is 1. The summed E-state index contributed by atoms with van der Waals surface area (Å²) in [6.07, 6.45) is 9.17. The number of hydrogen-bond acceptors (Lipinski definition) is 5. The van der Waals surface area contributed by atoms with Crippen molar-refractivity contribution in [3.8, 4) is 22.3 Å². The molecule has 4 aromatic rings. The molecule has 5 nitrogen and oxygen atoms in total. The van der Waals surface area contributed by atoms with Crippen LogP contribution < -0.4 is 0 Å². The van der Waals surface area contributed by atoms with E-state index in [9.17, 15) is 4.79 Å². The molecule has 26 heavy (non-hydrogen) atoms. The third kappa shape index (κ3) is 3.28. The molecule has 1 aromatic carbocycles. The first kappa shape index (κ1) is 16.6. The van der Waals surface area contributed by atoms with Crippen LogP contribution in [0.3, 0.4) is 0 Å². The average Bonchev–Trinajstić information content (AvgIpc) is 3.31. The standard InChI is InChI=1S/C20H18N4OS/c1-2-4-16(25)9-19-24-18-8-14(13-5-3-6-21-10-13)7-17(20(18)26-19)15-11-22-23-12-15/h3,5-8,10-12H,2,4,9H2,1H3,(H,22,23). The van der Waals surface area contributed by atoms with E-state index in [4.69, 9.17) is 4.98 Å². The number of carbonyl (C=O) groups is 1. The maximum Gasteiger partial charge on any atom is 0.139 e. The predicted octanol–water partition coefficient (Wildman–Crippen LogP) is 4.66. The van der Waals surface area contributed by atoms with Crippen LogP contribution in [0.5, 0.6) is 0 Å². The maximum atomic E-state index is 12.0. The third-order valence-corrected chi connectivity index (χ3v) is 5.32. The van der Waals surface area contributed by atoms with Crippen LogP contribution in [0.15, 0.2) is 49.1 Å². The van der Waals surface area contributed by atoms with Crippen LogP contribution in [0.1, 0.15) is 24.8 Å². The Bertz CT molecular complexity index is 1040. The van der Waals surface area contributed by atoms with Gasteiger partial charge >= 0.3 is 0 Å².